The first-order chi connectivity index (χ1) is 8.64. The minimum atomic E-state index is -3.39. The second-order valence-corrected chi connectivity index (χ2v) is 6.14. The molecule has 18 heavy (non-hydrogen) atoms. The van der Waals surface area contributed by atoms with Crippen LogP contribution in [-0.4, -0.2) is 45.6 Å². The van der Waals surface area contributed by atoms with Crippen LogP contribution in [0.3, 0.4) is 0 Å². The molecule has 0 amide bonds. The van der Waals surface area contributed by atoms with Gasteiger partial charge in [0.2, 0.25) is 10.0 Å². The SMILES string of the molecule is NCCc1cccc(S(=O)(=O)N2CCOCC2)c1. The van der Waals surface area contributed by atoms with Crippen molar-refractivity contribution in [2.75, 3.05) is 32.8 Å². The molecule has 0 radical (unpaired) electrons. The summed E-state index contributed by atoms with van der Waals surface area (Å²) in [6.07, 6.45) is 0.687. The molecule has 1 aromatic rings. The van der Waals surface area contributed by atoms with E-state index < -0.39 is 10.0 Å². The van der Waals surface area contributed by atoms with E-state index in [0.717, 1.165) is 5.56 Å². The number of nitrogens with two attached hydrogens (primary N) is 1. The number of rotatable bonds is 4. The first-order valence-corrected chi connectivity index (χ1v) is 7.45. The number of ether oxygens (including phenoxy) is 1. The predicted molar refractivity (Wildman–Crippen MR) is 68.8 cm³/mol. The largest absolute Gasteiger partial charge is 0.379 e. The van der Waals surface area contributed by atoms with Gasteiger partial charge in [-0.05, 0) is 30.7 Å². The topological polar surface area (TPSA) is 72.6 Å². The van der Waals surface area contributed by atoms with Crippen LogP contribution in [0.4, 0.5) is 0 Å². The molecule has 0 atom stereocenters. The highest BCUT2D eigenvalue weighted by atomic mass is 32.2. The van der Waals surface area contributed by atoms with Gasteiger partial charge in [0.15, 0.2) is 0 Å². The first-order valence-electron chi connectivity index (χ1n) is 6.01. The van der Waals surface area contributed by atoms with Gasteiger partial charge in [-0.25, -0.2) is 8.42 Å². The molecule has 1 aliphatic heterocycles. The smallest absolute Gasteiger partial charge is 0.243 e. The minimum Gasteiger partial charge on any atom is -0.379 e. The highest BCUT2D eigenvalue weighted by Gasteiger charge is 2.26. The molecule has 1 aliphatic rings. The minimum absolute atomic E-state index is 0.343. The molecular weight excluding hydrogens is 252 g/mol. The van der Waals surface area contributed by atoms with Crippen LogP contribution in [0.25, 0.3) is 0 Å². The summed E-state index contributed by atoms with van der Waals surface area (Å²) in [7, 11) is -3.39. The van der Waals surface area contributed by atoms with Crippen molar-refractivity contribution < 1.29 is 13.2 Å². The quantitative estimate of drug-likeness (QED) is 0.849. The highest BCUT2D eigenvalue weighted by molar-refractivity contribution is 7.89. The van der Waals surface area contributed by atoms with Gasteiger partial charge in [-0.15, -0.1) is 0 Å². The van der Waals surface area contributed by atoms with Crippen molar-refractivity contribution in [3.8, 4) is 0 Å². The summed E-state index contributed by atoms with van der Waals surface area (Å²) in [6, 6.07) is 6.99. The molecule has 0 unspecified atom stereocenters. The predicted octanol–water partition coefficient (Wildman–Crippen LogP) is 0.209. The van der Waals surface area contributed by atoms with Crippen LogP contribution in [0.1, 0.15) is 5.56 Å². The zero-order valence-corrected chi connectivity index (χ0v) is 11.0. The van der Waals surface area contributed by atoms with E-state index in [1.165, 1.54) is 4.31 Å². The Balaban J connectivity index is 2.25. The van der Waals surface area contributed by atoms with E-state index in [1.807, 2.05) is 6.07 Å². The molecule has 5 nitrogen and oxygen atoms in total. The number of nitrogens with zero attached hydrogens (tertiary/aromatic N) is 1. The second-order valence-electron chi connectivity index (χ2n) is 4.20. The Morgan fingerprint density at radius 3 is 2.67 bits per heavy atom. The van der Waals surface area contributed by atoms with Gasteiger partial charge in [-0.2, -0.15) is 4.31 Å². The van der Waals surface area contributed by atoms with Crippen molar-refractivity contribution in [1.29, 1.82) is 0 Å². The summed E-state index contributed by atoms with van der Waals surface area (Å²) < 4.78 is 31.4. The Morgan fingerprint density at radius 2 is 2.00 bits per heavy atom. The van der Waals surface area contributed by atoms with Crippen molar-refractivity contribution >= 4 is 10.0 Å². The van der Waals surface area contributed by atoms with Crippen LogP contribution in [0.15, 0.2) is 29.2 Å². The zero-order chi connectivity index (χ0) is 13.0. The molecule has 0 aliphatic carbocycles. The Morgan fingerprint density at radius 1 is 1.28 bits per heavy atom. The van der Waals surface area contributed by atoms with Crippen molar-refractivity contribution in [2.45, 2.75) is 11.3 Å². The first kappa shape index (κ1) is 13.5. The summed E-state index contributed by atoms with van der Waals surface area (Å²) in [5.74, 6) is 0. The summed E-state index contributed by atoms with van der Waals surface area (Å²) >= 11 is 0. The highest BCUT2D eigenvalue weighted by Crippen LogP contribution is 2.18. The van der Waals surface area contributed by atoms with Crippen LogP contribution < -0.4 is 5.73 Å². The molecule has 1 saturated heterocycles. The van der Waals surface area contributed by atoms with Gasteiger partial charge in [0, 0.05) is 13.1 Å². The van der Waals surface area contributed by atoms with Gasteiger partial charge in [0.25, 0.3) is 0 Å². The summed E-state index contributed by atoms with van der Waals surface area (Å²) in [4.78, 5) is 0.343. The van der Waals surface area contributed by atoms with Crippen LogP contribution in [-0.2, 0) is 21.2 Å². The fourth-order valence-electron chi connectivity index (χ4n) is 1.96. The summed E-state index contributed by atoms with van der Waals surface area (Å²) in [5.41, 5.74) is 6.44. The third-order valence-electron chi connectivity index (χ3n) is 2.94. The Hall–Kier alpha value is -0.950. The summed E-state index contributed by atoms with van der Waals surface area (Å²) in [6.45, 7) is 2.28. The molecule has 2 N–H and O–H groups in total. The van der Waals surface area contributed by atoms with Crippen molar-refractivity contribution in [3.63, 3.8) is 0 Å². The molecule has 2 rings (SSSR count). The number of morpholine rings is 1. The lowest BCUT2D eigenvalue weighted by atomic mass is 10.2. The maximum atomic E-state index is 12.4. The van der Waals surface area contributed by atoms with Crippen LogP contribution in [0.2, 0.25) is 0 Å². The number of sulfonamides is 1. The Kier molecular flexibility index (Phi) is 4.34. The fourth-order valence-corrected chi connectivity index (χ4v) is 3.44. The third kappa shape index (κ3) is 2.89. The molecule has 0 spiro atoms. The van der Waals surface area contributed by atoms with Crippen molar-refractivity contribution in [2.24, 2.45) is 5.73 Å². The Bertz CT molecular complexity index is 496. The molecule has 1 aromatic carbocycles. The normalized spacial score (nSPS) is 17.8. The van der Waals surface area contributed by atoms with Crippen LogP contribution in [0, 0.1) is 0 Å². The van der Waals surface area contributed by atoms with Crippen molar-refractivity contribution in [3.05, 3.63) is 29.8 Å². The van der Waals surface area contributed by atoms with E-state index in [9.17, 15) is 8.42 Å². The van der Waals surface area contributed by atoms with E-state index in [4.69, 9.17) is 10.5 Å². The van der Waals surface area contributed by atoms with E-state index >= 15 is 0 Å². The lowest BCUT2D eigenvalue weighted by Crippen LogP contribution is -2.40. The average Bonchev–Trinajstić information content (AvgIpc) is 2.40. The van der Waals surface area contributed by atoms with Gasteiger partial charge in [0.1, 0.15) is 0 Å². The maximum absolute atomic E-state index is 12.4. The van der Waals surface area contributed by atoms with Crippen LogP contribution >= 0.6 is 0 Å². The molecule has 6 heteroatoms. The molecule has 1 fully saturated rings. The third-order valence-corrected chi connectivity index (χ3v) is 4.83. The molecule has 100 valence electrons. The van der Waals surface area contributed by atoms with Crippen LogP contribution in [0.5, 0.6) is 0 Å². The number of benzene rings is 1. The van der Waals surface area contributed by atoms with Gasteiger partial charge >= 0.3 is 0 Å². The molecule has 0 bridgehead atoms. The lowest BCUT2D eigenvalue weighted by Gasteiger charge is -2.26. The second kappa shape index (κ2) is 5.79. The van der Waals surface area contributed by atoms with Gasteiger partial charge < -0.3 is 10.5 Å². The molecular formula is C12H18N2O3S. The van der Waals surface area contributed by atoms with E-state index in [1.54, 1.807) is 18.2 Å². The molecule has 0 saturated carbocycles. The van der Waals surface area contributed by atoms with Crippen molar-refractivity contribution in [1.82, 2.24) is 4.31 Å². The Labute approximate surface area is 108 Å². The number of hydrogen-bond acceptors (Lipinski definition) is 4. The average molecular weight is 270 g/mol. The summed E-state index contributed by atoms with van der Waals surface area (Å²) in [5, 5.41) is 0. The van der Waals surface area contributed by atoms with Gasteiger partial charge in [-0.3, -0.25) is 0 Å². The molecule has 1 heterocycles. The maximum Gasteiger partial charge on any atom is 0.243 e. The fraction of sp³-hybridized carbons (Fsp3) is 0.500. The van der Waals surface area contributed by atoms with Gasteiger partial charge in [0.05, 0.1) is 18.1 Å². The number of hydrogen-bond donors (Lipinski definition) is 1. The van der Waals surface area contributed by atoms with E-state index in [2.05, 4.69) is 0 Å². The molecule has 0 aromatic heterocycles. The monoisotopic (exact) mass is 270 g/mol. The van der Waals surface area contributed by atoms with E-state index in [-0.39, 0.29) is 0 Å². The lowest BCUT2D eigenvalue weighted by molar-refractivity contribution is 0.0730. The zero-order valence-electron chi connectivity index (χ0n) is 10.2. The standard InChI is InChI=1S/C12H18N2O3S/c13-5-4-11-2-1-3-12(10-11)18(15,16)14-6-8-17-9-7-14/h1-3,10H,4-9,13H2. The van der Waals surface area contributed by atoms with Gasteiger partial charge in [-0.1, -0.05) is 12.1 Å². The van der Waals surface area contributed by atoms with E-state index in [0.29, 0.717) is 44.2 Å².